The van der Waals surface area contributed by atoms with Crippen molar-refractivity contribution in [3.05, 3.63) is 47.8 Å². The lowest BCUT2D eigenvalue weighted by atomic mass is 10.3. The molecule has 5 heteroatoms. The lowest BCUT2D eigenvalue weighted by Crippen LogP contribution is -2.07. The van der Waals surface area contributed by atoms with Crippen LogP contribution < -0.4 is 5.32 Å². The summed E-state index contributed by atoms with van der Waals surface area (Å²) in [5.41, 5.74) is 0.375. The number of aryl methyl sites for hydroxylation is 1. The van der Waals surface area contributed by atoms with E-state index in [0.717, 1.165) is 13.0 Å². The molecule has 17 heavy (non-hydrogen) atoms. The largest absolute Gasteiger partial charge is 0.381 e. The van der Waals surface area contributed by atoms with Crippen LogP contribution in [-0.2, 0) is 6.54 Å². The summed E-state index contributed by atoms with van der Waals surface area (Å²) in [5, 5.41) is 3.41. The highest BCUT2D eigenvalue weighted by molar-refractivity contribution is 6.33. The number of nitrogens with one attached hydrogen (secondary N) is 1. The first kappa shape index (κ1) is 11.9. The van der Waals surface area contributed by atoms with Gasteiger partial charge < -0.3 is 9.88 Å². The zero-order chi connectivity index (χ0) is 12.1. The van der Waals surface area contributed by atoms with Crippen molar-refractivity contribution in [1.82, 2.24) is 9.55 Å². The van der Waals surface area contributed by atoms with Crippen LogP contribution in [0.2, 0.25) is 5.02 Å². The number of para-hydroxylation sites is 1. The molecule has 2 rings (SSSR count). The molecule has 0 radical (unpaired) electrons. The first-order valence-electron chi connectivity index (χ1n) is 5.41. The van der Waals surface area contributed by atoms with Gasteiger partial charge in [-0.3, -0.25) is 0 Å². The van der Waals surface area contributed by atoms with Gasteiger partial charge in [0.2, 0.25) is 0 Å². The fourth-order valence-electron chi connectivity index (χ4n) is 1.56. The van der Waals surface area contributed by atoms with Gasteiger partial charge in [0, 0.05) is 25.5 Å². The molecule has 0 saturated carbocycles. The molecule has 0 bridgehead atoms. The SMILES string of the molecule is Fc1cccc(Cl)c1NCCCn1ccnc1. The zero-order valence-corrected chi connectivity index (χ0v) is 9.99. The molecular formula is C12H13ClFN3. The van der Waals surface area contributed by atoms with Gasteiger partial charge in [0.25, 0.3) is 0 Å². The van der Waals surface area contributed by atoms with Crippen molar-refractivity contribution in [2.24, 2.45) is 0 Å². The van der Waals surface area contributed by atoms with Gasteiger partial charge in [0.05, 0.1) is 17.0 Å². The molecular weight excluding hydrogens is 241 g/mol. The second-order valence-corrected chi connectivity index (χ2v) is 4.08. The molecule has 0 spiro atoms. The molecule has 1 aromatic carbocycles. The van der Waals surface area contributed by atoms with Gasteiger partial charge in [-0.1, -0.05) is 17.7 Å². The van der Waals surface area contributed by atoms with Crippen LogP contribution in [0.1, 0.15) is 6.42 Å². The molecule has 2 aromatic rings. The van der Waals surface area contributed by atoms with E-state index in [4.69, 9.17) is 11.6 Å². The Bertz CT molecular complexity index is 450. The van der Waals surface area contributed by atoms with Crippen LogP contribution in [-0.4, -0.2) is 16.1 Å². The molecule has 1 N–H and O–H groups in total. The molecule has 0 fully saturated rings. The third kappa shape index (κ3) is 3.20. The first-order valence-corrected chi connectivity index (χ1v) is 5.79. The molecule has 0 unspecified atom stereocenters. The number of hydrogen-bond donors (Lipinski definition) is 1. The molecule has 90 valence electrons. The van der Waals surface area contributed by atoms with E-state index in [9.17, 15) is 4.39 Å². The monoisotopic (exact) mass is 253 g/mol. The Balaban J connectivity index is 1.82. The molecule has 0 atom stereocenters. The molecule has 3 nitrogen and oxygen atoms in total. The molecule has 0 aliphatic heterocycles. The maximum atomic E-state index is 13.4. The van der Waals surface area contributed by atoms with Crippen LogP contribution in [0.4, 0.5) is 10.1 Å². The van der Waals surface area contributed by atoms with E-state index in [-0.39, 0.29) is 5.82 Å². The second-order valence-electron chi connectivity index (χ2n) is 3.68. The third-order valence-electron chi connectivity index (χ3n) is 2.42. The topological polar surface area (TPSA) is 29.9 Å². The van der Waals surface area contributed by atoms with E-state index in [0.29, 0.717) is 17.3 Å². The van der Waals surface area contributed by atoms with E-state index in [1.54, 1.807) is 24.7 Å². The fourth-order valence-corrected chi connectivity index (χ4v) is 1.79. The van der Waals surface area contributed by atoms with Gasteiger partial charge in [-0.25, -0.2) is 9.37 Å². The van der Waals surface area contributed by atoms with Crippen LogP contribution in [0.15, 0.2) is 36.9 Å². The number of rotatable bonds is 5. The van der Waals surface area contributed by atoms with Crippen molar-refractivity contribution in [2.75, 3.05) is 11.9 Å². The number of nitrogens with zero attached hydrogens (tertiary/aromatic N) is 2. The molecule has 0 aliphatic rings. The van der Waals surface area contributed by atoms with E-state index in [2.05, 4.69) is 10.3 Å². The Morgan fingerprint density at radius 3 is 3.00 bits per heavy atom. The highest BCUT2D eigenvalue weighted by Crippen LogP contribution is 2.24. The van der Waals surface area contributed by atoms with Crippen LogP contribution in [0.3, 0.4) is 0 Å². The van der Waals surface area contributed by atoms with Gasteiger partial charge in [0.1, 0.15) is 5.82 Å². The maximum Gasteiger partial charge on any atom is 0.147 e. The average molecular weight is 254 g/mol. The number of benzene rings is 1. The van der Waals surface area contributed by atoms with E-state index < -0.39 is 0 Å². The second kappa shape index (κ2) is 5.68. The highest BCUT2D eigenvalue weighted by Gasteiger charge is 2.04. The fraction of sp³-hybridized carbons (Fsp3) is 0.250. The van der Waals surface area contributed by atoms with E-state index >= 15 is 0 Å². The summed E-state index contributed by atoms with van der Waals surface area (Å²) < 4.78 is 15.4. The van der Waals surface area contributed by atoms with Crippen molar-refractivity contribution in [3.63, 3.8) is 0 Å². The quantitative estimate of drug-likeness (QED) is 0.830. The summed E-state index contributed by atoms with van der Waals surface area (Å²) in [6.45, 7) is 1.51. The first-order chi connectivity index (χ1) is 8.27. The number of anilines is 1. The summed E-state index contributed by atoms with van der Waals surface area (Å²) in [5.74, 6) is -0.319. The summed E-state index contributed by atoms with van der Waals surface area (Å²) >= 11 is 5.89. The van der Waals surface area contributed by atoms with Gasteiger partial charge >= 0.3 is 0 Å². The average Bonchev–Trinajstić information content (AvgIpc) is 2.80. The lowest BCUT2D eigenvalue weighted by Gasteiger charge is -2.09. The Morgan fingerprint density at radius 2 is 2.29 bits per heavy atom. The van der Waals surface area contributed by atoms with Gasteiger partial charge in [-0.15, -0.1) is 0 Å². The maximum absolute atomic E-state index is 13.4. The predicted octanol–water partition coefficient (Wildman–Crippen LogP) is 3.18. The predicted molar refractivity (Wildman–Crippen MR) is 66.7 cm³/mol. The standard InChI is InChI=1S/C12H13ClFN3/c13-10-3-1-4-11(14)12(10)16-5-2-7-17-8-6-15-9-17/h1,3-4,6,8-9,16H,2,5,7H2. The van der Waals surface area contributed by atoms with Gasteiger partial charge in [0.15, 0.2) is 0 Å². The number of imidazole rings is 1. The van der Waals surface area contributed by atoms with Crippen molar-refractivity contribution >= 4 is 17.3 Å². The summed E-state index contributed by atoms with van der Waals surface area (Å²) in [7, 11) is 0. The van der Waals surface area contributed by atoms with Crippen molar-refractivity contribution in [3.8, 4) is 0 Å². The Morgan fingerprint density at radius 1 is 1.41 bits per heavy atom. The molecule has 1 heterocycles. The molecule has 0 saturated heterocycles. The minimum absolute atomic E-state index is 0.319. The zero-order valence-electron chi connectivity index (χ0n) is 9.24. The summed E-state index contributed by atoms with van der Waals surface area (Å²) in [6, 6.07) is 4.65. The Labute approximate surface area is 104 Å². The van der Waals surface area contributed by atoms with E-state index in [1.807, 2.05) is 10.8 Å². The summed E-state index contributed by atoms with van der Waals surface area (Å²) in [4.78, 5) is 3.95. The van der Waals surface area contributed by atoms with Crippen LogP contribution >= 0.6 is 11.6 Å². The number of aromatic nitrogens is 2. The highest BCUT2D eigenvalue weighted by atomic mass is 35.5. The van der Waals surface area contributed by atoms with Crippen molar-refractivity contribution in [1.29, 1.82) is 0 Å². The van der Waals surface area contributed by atoms with Crippen LogP contribution in [0, 0.1) is 5.82 Å². The van der Waals surface area contributed by atoms with E-state index in [1.165, 1.54) is 6.07 Å². The minimum Gasteiger partial charge on any atom is -0.381 e. The minimum atomic E-state index is -0.319. The molecule has 1 aromatic heterocycles. The lowest BCUT2D eigenvalue weighted by molar-refractivity contribution is 0.625. The molecule has 0 aliphatic carbocycles. The normalized spacial score (nSPS) is 10.5. The number of halogens is 2. The third-order valence-corrected chi connectivity index (χ3v) is 2.73. The Hall–Kier alpha value is -1.55. The van der Waals surface area contributed by atoms with Crippen molar-refractivity contribution in [2.45, 2.75) is 13.0 Å². The summed E-state index contributed by atoms with van der Waals surface area (Å²) in [6.07, 6.45) is 6.27. The van der Waals surface area contributed by atoms with Gasteiger partial charge in [-0.05, 0) is 18.6 Å². The molecule has 0 amide bonds. The van der Waals surface area contributed by atoms with Crippen LogP contribution in [0.25, 0.3) is 0 Å². The van der Waals surface area contributed by atoms with Gasteiger partial charge in [-0.2, -0.15) is 0 Å². The Kier molecular flexibility index (Phi) is 3.98. The van der Waals surface area contributed by atoms with Crippen molar-refractivity contribution < 1.29 is 4.39 Å². The van der Waals surface area contributed by atoms with Crippen LogP contribution in [0.5, 0.6) is 0 Å². The smallest absolute Gasteiger partial charge is 0.147 e. The number of hydrogen-bond acceptors (Lipinski definition) is 2.